The van der Waals surface area contributed by atoms with E-state index in [1.165, 1.54) is 35.5 Å². The monoisotopic (exact) mass is 302 g/mol. The number of hydrogen-bond acceptors (Lipinski definition) is 3. The van der Waals surface area contributed by atoms with Gasteiger partial charge in [-0.25, -0.2) is 0 Å². The van der Waals surface area contributed by atoms with Crippen molar-refractivity contribution in [3.8, 4) is 0 Å². The minimum Gasteiger partial charge on any atom is -0.298 e. The number of thiophene rings is 1. The highest BCUT2D eigenvalue weighted by Crippen LogP contribution is 2.24. The van der Waals surface area contributed by atoms with Gasteiger partial charge in [0.25, 0.3) is 0 Å². The van der Waals surface area contributed by atoms with E-state index in [1.807, 2.05) is 11.3 Å². The molecule has 0 bridgehead atoms. The van der Waals surface area contributed by atoms with Crippen LogP contribution in [0.5, 0.6) is 0 Å². The van der Waals surface area contributed by atoms with E-state index in [4.69, 9.17) is 0 Å². The van der Waals surface area contributed by atoms with Crippen molar-refractivity contribution in [2.24, 2.45) is 0 Å². The summed E-state index contributed by atoms with van der Waals surface area (Å²) >= 11 is 5.45. The summed E-state index contributed by atoms with van der Waals surface area (Å²) in [6.45, 7) is 10.5. The summed E-state index contributed by atoms with van der Waals surface area (Å²) in [7, 11) is 0. The van der Waals surface area contributed by atoms with Gasteiger partial charge in [-0.05, 0) is 41.2 Å². The zero-order chi connectivity index (χ0) is 11.5. The van der Waals surface area contributed by atoms with Crippen molar-refractivity contribution in [1.82, 2.24) is 9.80 Å². The van der Waals surface area contributed by atoms with E-state index < -0.39 is 0 Å². The highest BCUT2D eigenvalue weighted by atomic mass is 79.9. The molecule has 1 saturated heterocycles. The molecule has 0 spiro atoms. The minimum absolute atomic E-state index is 0.690. The van der Waals surface area contributed by atoms with E-state index in [9.17, 15) is 0 Å². The Hall–Kier alpha value is 0.100. The molecular formula is C12H19BrN2S. The molecule has 1 fully saturated rings. The molecule has 16 heavy (non-hydrogen) atoms. The van der Waals surface area contributed by atoms with Crippen LogP contribution in [0, 0.1) is 0 Å². The Morgan fingerprint density at radius 2 is 2.00 bits per heavy atom. The van der Waals surface area contributed by atoms with Crippen LogP contribution < -0.4 is 0 Å². The molecule has 0 radical (unpaired) electrons. The zero-order valence-electron chi connectivity index (χ0n) is 9.95. The van der Waals surface area contributed by atoms with E-state index in [0.29, 0.717) is 6.04 Å². The van der Waals surface area contributed by atoms with Crippen molar-refractivity contribution < 1.29 is 0 Å². The molecule has 2 heterocycles. The molecule has 0 atom stereocenters. The third-order valence-electron chi connectivity index (χ3n) is 3.20. The number of piperazine rings is 1. The van der Waals surface area contributed by atoms with Gasteiger partial charge in [0.05, 0.1) is 0 Å². The first-order valence-corrected chi connectivity index (χ1v) is 7.52. The van der Waals surface area contributed by atoms with E-state index in [2.05, 4.69) is 51.0 Å². The summed E-state index contributed by atoms with van der Waals surface area (Å²) in [4.78, 5) is 6.56. The van der Waals surface area contributed by atoms with Crippen LogP contribution in [-0.2, 0) is 6.54 Å². The Labute approximate surface area is 110 Å². The average Bonchev–Trinajstić information content (AvgIpc) is 2.65. The van der Waals surface area contributed by atoms with Gasteiger partial charge in [-0.2, -0.15) is 0 Å². The Balaban J connectivity index is 1.84. The van der Waals surface area contributed by atoms with E-state index >= 15 is 0 Å². The molecule has 2 nitrogen and oxygen atoms in total. The van der Waals surface area contributed by atoms with Gasteiger partial charge in [0.1, 0.15) is 0 Å². The lowest BCUT2D eigenvalue weighted by molar-refractivity contribution is 0.104. The zero-order valence-corrected chi connectivity index (χ0v) is 12.4. The summed E-state index contributed by atoms with van der Waals surface area (Å²) in [5.74, 6) is 0. The maximum absolute atomic E-state index is 3.60. The second-order valence-corrected chi connectivity index (χ2v) is 6.45. The summed E-state index contributed by atoms with van der Waals surface area (Å²) in [5, 5.41) is 2.16. The molecule has 4 heteroatoms. The first kappa shape index (κ1) is 12.6. The average molecular weight is 303 g/mol. The van der Waals surface area contributed by atoms with Crippen molar-refractivity contribution in [3.63, 3.8) is 0 Å². The van der Waals surface area contributed by atoms with Crippen LogP contribution >= 0.6 is 27.3 Å². The molecule has 0 aromatic carbocycles. The van der Waals surface area contributed by atoms with Crippen molar-refractivity contribution in [2.75, 3.05) is 26.2 Å². The summed E-state index contributed by atoms with van der Waals surface area (Å²) in [5.41, 5.74) is 0. The van der Waals surface area contributed by atoms with Gasteiger partial charge in [-0.3, -0.25) is 9.80 Å². The predicted molar refractivity (Wildman–Crippen MR) is 74.0 cm³/mol. The standard InChI is InChI=1S/C12H19BrN2S/c1-10(2)15-6-4-14(5-7-15)9-12-11(13)3-8-16-12/h3,8,10H,4-7,9H2,1-2H3. The lowest BCUT2D eigenvalue weighted by atomic mass is 10.2. The third kappa shape index (κ3) is 3.06. The molecule has 0 N–H and O–H groups in total. The van der Waals surface area contributed by atoms with E-state index in [-0.39, 0.29) is 0 Å². The Morgan fingerprint density at radius 3 is 2.50 bits per heavy atom. The predicted octanol–water partition coefficient (Wildman–Crippen LogP) is 3.04. The fraction of sp³-hybridized carbons (Fsp3) is 0.667. The second kappa shape index (κ2) is 5.63. The first-order valence-electron chi connectivity index (χ1n) is 5.85. The summed E-state index contributed by atoms with van der Waals surface area (Å²) in [6.07, 6.45) is 0. The second-order valence-electron chi connectivity index (χ2n) is 4.60. The SMILES string of the molecule is CC(C)N1CCN(Cc2sccc2Br)CC1. The van der Waals surface area contributed by atoms with Crippen molar-refractivity contribution in [1.29, 1.82) is 0 Å². The summed E-state index contributed by atoms with van der Waals surface area (Å²) < 4.78 is 1.27. The summed E-state index contributed by atoms with van der Waals surface area (Å²) in [6, 6.07) is 2.83. The van der Waals surface area contributed by atoms with Gasteiger partial charge in [0, 0.05) is 48.1 Å². The van der Waals surface area contributed by atoms with Gasteiger partial charge in [-0.1, -0.05) is 0 Å². The molecule has 0 saturated carbocycles. The van der Waals surface area contributed by atoms with Gasteiger partial charge in [0.15, 0.2) is 0 Å². The fourth-order valence-electron chi connectivity index (χ4n) is 2.08. The maximum atomic E-state index is 3.60. The van der Waals surface area contributed by atoms with Crippen molar-refractivity contribution >= 4 is 27.3 Å². The molecule has 1 aromatic heterocycles. The molecular weight excluding hydrogens is 284 g/mol. The topological polar surface area (TPSA) is 6.48 Å². The number of rotatable bonds is 3. The first-order chi connectivity index (χ1) is 7.66. The van der Waals surface area contributed by atoms with Crippen molar-refractivity contribution in [2.45, 2.75) is 26.4 Å². The van der Waals surface area contributed by atoms with Crippen LogP contribution in [-0.4, -0.2) is 42.0 Å². The maximum Gasteiger partial charge on any atom is 0.0340 e. The molecule has 2 rings (SSSR count). The molecule has 90 valence electrons. The number of hydrogen-bond donors (Lipinski definition) is 0. The Bertz CT molecular complexity index is 330. The largest absolute Gasteiger partial charge is 0.298 e. The molecule has 0 amide bonds. The smallest absolute Gasteiger partial charge is 0.0340 e. The number of nitrogens with zero attached hydrogens (tertiary/aromatic N) is 2. The molecule has 0 aliphatic carbocycles. The normalized spacial score (nSPS) is 19.5. The van der Waals surface area contributed by atoms with Crippen LogP contribution in [0.4, 0.5) is 0 Å². The van der Waals surface area contributed by atoms with Gasteiger partial charge < -0.3 is 0 Å². The van der Waals surface area contributed by atoms with Crippen molar-refractivity contribution in [3.05, 3.63) is 20.8 Å². The van der Waals surface area contributed by atoms with Crippen LogP contribution in [0.1, 0.15) is 18.7 Å². The molecule has 1 aliphatic rings. The fourth-order valence-corrected chi connectivity index (χ4v) is 3.60. The van der Waals surface area contributed by atoms with Gasteiger partial charge in [-0.15, -0.1) is 11.3 Å². The van der Waals surface area contributed by atoms with E-state index in [1.54, 1.807) is 0 Å². The lowest BCUT2D eigenvalue weighted by Gasteiger charge is -2.36. The lowest BCUT2D eigenvalue weighted by Crippen LogP contribution is -2.48. The van der Waals surface area contributed by atoms with Crippen LogP contribution in [0.15, 0.2) is 15.9 Å². The van der Waals surface area contributed by atoms with Crippen LogP contribution in [0.2, 0.25) is 0 Å². The third-order valence-corrected chi connectivity index (χ3v) is 5.11. The minimum atomic E-state index is 0.690. The Kier molecular flexibility index (Phi) is 4.41. The molecule has 1 aromatic rings. The molecule has 0 unspecified atom stereocenters. The van der Waals surface area contributed by atoms with Crippen LogP contribution in [0.3, 0.4) is 0 Å². The van der Waals surface area contributed by atoms with Crippen LogP contribution in [0.25, 0.3) is 0 Å². The van der Waals surface area contributed by atoms with Gasteiger partial charge in [0.2, 0.25) is 0 Å². The van der Waals surface area contributed by atoms with Gasteiger partial charge >= 0.3 is 0 Å². The number of halogens is 1. The highest BCUT2D eigenvalue weighted by molar-refractivity contribution is 9.10. The van der Waals surface area contributed by atoms with E-state index in [0.717, 1.165) is 6.54 Å². The Morgan fingerprint density at radius 1 is 1.31 bits per heavy atom. The highest BCUT2D eigenvalue weighted by Gasteiger charge is 2.19. The molecule has 1 aliphatic heterocycles. The quantitative estimate of drug-likeness (QED) is 0.847.